The summed E-state index contributed by atoms with van der Waals surface area (Å²) < 4.78 is 0. The second kappa shape index (κ2) is 40.6. The Balaban J connectivity index is 0.000000771. The number of carboxylic acid groups (broad SMARTS) is 2. The van der Waals surface area contributed by atoms with Crippen molar-refractivity contribution < 1.29 is 19.8 Å². The van der Waals surface area contributed by atoms with Gasteiger partial charge in [0.25, 0.3) is 0 Å². The minimum Gasteiger partial charge on any atom is -0.481 e. The summed E-state index contributed by atoms with van der Waals surface area (Å²) in [6.07, 6.45) is 42.5. The first-order valence-corrected chi connectivity index (χ1v) is 21.3. The van der Waals surface area contributed by atoms with Crippen molar-refractivity contribution in [3.63, 3.8) is 0 Å². The summed E-state index contributed by atoms with van der Waals surface area (Å²) in [5.74, 6) is -1.33. The van der Waals surface area contributed by atoms with E-state index in [2.05, 4.69) is 86.7 Å². The van der Waals surface area contributed by atoms with Crippen LogP contribution in [-0.2, 0) is 9.59 Å². The molecule has 4 heteroatoms. The Bertz CT molecular complexity index is 989. The molecule has 0 aliphatic carbocycles. The summed E-state index contributed by atoms with van der Waals surface area (Å²) in [7, 11) is 0. The predicted octanol–water partition coefficient (Wildman–Crippen LogP) is 15.6. The lowest BCUT2D eigenvalue weighted by Crippen LogP contribution is -1.93. The molecule has 0 aromatic heterocycles. The SMILES string of the molecule is CCCCCCCC/C=C\CCCCCCCC(=O)O.CCCCCCCC/C=C\CCCCCCCC(=O)O.c1ccc(-c2ccccc2)cc1. The average Bonchev–Trinajstić information content (AvgIpc) is 3.16. The topological polar surface area (TPSA) is 74.6 Å². The second-order valence-electron chi connectivity index (χ2n) is 14.2. The quantitative estimate of drug-likeness (QED) is 0.0601. The van der Waals surface area contributed by atoms with Gasteiger partial charge in [-0.15, -0.1) is 0 Å². The summed E-state index contributed by atoms with van der Waals surface area (Å²) in [5, 5.41) is 17.0. The van der Waals surface area contributed by atoms with E-state index in [1.807, 2.05) is 12.1 Å². The molecular weight excluding hydrogens is 641 g/mol. The van der Waals surface area contributed by atoms with Crippen LogP contribution >= 0.6 is 0 Å². The minimum atomic E-state index is -0.664. The van der Waals surface area contributed by atoms with Crippen LogP contribution in [0.2, 0.25) is 0 Å². The summed E-state index contributed by atoms with van der Waals surface area (Å²) in [6, 6.07) is 20.8. The number of carbonyl (C=O) groups is 2. The van der Waals surface area contributed by atoms with Gasteiger partial charge in [0.15, 0.2) is 0 Å². The predicted molar refractivity (Wildman–Crippen MR) is 226 cm³/mol. The molecule has 0 saturated heterocycles. The van der Waals surface area contributed by atoms with Gasteiger partial charge in [0.05, 0.1) is 0 Å². The molecule has 2 N–H and O–H groups in total. The van der Waals surface area contributed by atoms with Crippen LogP contribution in [0.25, 0.3) is 11.1 Å². The molecule has 0 amide bonds. The smallest absolute Gasteiger partial charge is 0.303 e. The van der Waals surface area contributed by atoms with Crippen LogP contribution in [0.5, 0.6) is 0 Å². The van der Waals surface area contributed by atoms with Crippen molar-refractivity contribution >= 4 is 11.9 Å². The molecule has 0 spiro atoms. The van der Waals surface area contributed by atoms with Crippen molar-refractivity contribution in [3.05, 3.63) is 85.0 Å². The maximum Gasteiger partial charge on any atom is 0.303 e. The molecule has 0 atom stereocenters. The highest BCUT2D eigenvalue weighted by Crippen LogP contribution is 2.17. The van der Waals surface area contributed by atoms with Crippen molar-refractivity contribution in [3.8, 4) is 11.1 Å². The average molecular weight is 719 g/mol. The third kappa shape index (κ3) is 38.1. The normalized spacial score (nSPS) is 10.9. The Kier molecular flexibility index (Phi) is 38.2. The number of aliphatic carboxylic acids is 2. The molecule has 0 heterocycles. The molecule has 0 unspecified atom stereocenters. The molecule has 2 aromatic rings. The zero-order valence-electron chi connectivity index (χ0n) is 33.6. The number of unbranched alkanes of at least 4 members (excludes halogenated alkanes) is 22. The van der Waals surface area contributed by atoms with Crippen molar-refractivity contribution in [2.45, 2.75) is 194 Å². The molecular formula is C48H78O4. The number of hydrogen-bond acceptors (Lipinski definition) is 2. The van der Waals surface area contributed by atoms with Gasteiger partial charge < -0.3 is 10.2 Å². The van der Waals surface area contributed by atoms with Crippen molar-refractivity contribution in [1.82, 2.24) is 0 Å². The van der Waals surface area contributed by atoms with E-state index in [4.69, 9.17) is 10.2 Å². The van der Waals surface area contributed by atoms with Gasteiger partial charge in [-0.1, -0.05) is 202 Å². The Hall–Kier alpha value is -3.14. The van der Waals surface area contributed by atoms with E-state index < -0.39 is 11.9 Å². The van der Waals surface area contributed by atoms with Gasteiger partial charge in [-0.2, -0.15) is 0 Å². The molecule has 4 nitrogen and oxygen atoms in total. The summed E-state index contributed by atoms with van der Waals surface area (Å²) >= 11 is 0. The number of carboxylic acids is 2. The maximum absolute atomic E-state index is 10.3. The third-order valence-corrected chi connectivity index (χ3v) is 9.19. The number of benzene rings is 2. The Morgan fingerprint density at radius 3 is 0.904 bits per heavy atom. The Morgan fingerprint density at radius 2 is 0.635 bits per heavy atom. The van der Waals surface area contributed by atoms with Crippen molar-refractivity contribution in [1.29, 1.82) is 0 Å². The van der Waals surface area contributed by atoms with Gasteiger partial charge in [0.1, 0.15) is 0 Å². The van der Waals surface area contributed by atoms with Crippen LogP contribution in [0.1, 0.15) is 194 Å². The van der Waals surface area contributed by atoms with Crippen LogP contribution < -0.4 is 0 Å². The molecule has 0 saturated carbocycles. The van der Waals surface area contributed by atoms with Gasteiger partial charge >= 0.3 is 11.9 Å². The number of allylic oxidation sites excluding steroid dienone is 4. The van der Waals surface area contributed by atoms with Crippen LogP contribution in [-0.4, -0.2) is 22.2 Å². The molecule has 52 heavy (non-hydrogen) atoms. The first-order valence-electron chi connectivity index (χ1n) is 21.3. The van der Waals surface area contributed by atoms with Gasteiger partial charge in [0, 0.05) is 12.8 Å². The van der Waals surface area contributed by atoms with E-state index in [0.29, 0.717) is 12.8 Å². The number of hydrogen-bond donors (Lipinski definition) is 2. The Morgan fingerprint density at radius 1 is 0.385 bits per heavy atom. The van der Waals surface area contributed by atoms with E-state index in [1.165, 1.54) is 152 Å². The minimum absolute atomic E-state index is 0.332. The molecule has 0 bridgehead atoms. The van der Waals surface area contributed by atoms with Crippen LogP contribution in [0.15, 0.2) is 85.0 Å². The van der Waals surface area contributed by atoms with E-state index in [9.17, 15) is 9.59 Å². The van der Waals surface area contributed by atoms with E-state index in [-0.39, 0.29) is 0 Å². The third-order valence-electron chi connectivity index (χ3n) is 9.19. The summed E-state index contributed by atoms with van der Waals surface area (Å²) in [6.45, 7) is 4.52. The standard InChI is InChI=1S/2C18H34O2.C12H10/c2*1-2-3-4-5-6-7-8-9-10-11-12-13-14-15-16-17-18(19)20;1-3-7-11(8-4-1)12-9-5-2-6-10-12/h2*9-10H,2-8,11-17H2,1H3,(H,19,20);1-10H/b2*10-9-;. The van der Waals surface area contributed by atoms with E-state index >= 15 is 0 Å². The lowest BCUT2D eigenvalue weighted by molar-refractivity contribution is -0.138. The zero-order chi connectivity index (χ0) is 38.0. The van der Waals surface area contributed by atoms with Crippen molar-refractivity contribution in [2.75, 3.05) is 0 Å². The fourth-order valence-corrected chi connectivity index (χ4v) is 5.96. The highest BCUT2D eigenvalue weighted by Gasteiger charge is 1.97. The van der Waals surface area contributed by atoms with E-state index in [1.54, 1.807) is 0 Å². The zero-order valence-corrected chi connectivity index (χ0v) is 33.6. The van der Waals surface area contributed by atoms with E-state index in [0.717, 1.165) is 25.7 Å². The maximum atomic E-state index is 10.3. The fraction of sp³-hybridized carbons (Fsp3) is 0.625. The van der Waals surface area contributed by atoms with Crippen LogP contribution in [0.4, 0.5) is 0 Å². The molecule has 2 rings (SSSR count). The van der Waals surface area contributed by atoms with Crippen LogP contribution in [0.3, 0.4) is 0 Å². The second-order valence-corrected chi connectivity index (χ2v) is 14.2. The first-order chi connectivity index (χ1) is 25.5. The van der Waals surface area contributed by atoms with Gasteiger partial charge in [-0.25, -0.2) is 0 Å². The van der Waals surface area contributed by atoms with Gasteiger partial charge in [-0.3, -0.25) is 9.59 Å². The lowest BCUT2D eigenvalue weighted by Gasteiger charge is -1.99. The molecule has 0 aliphatic heterocycles. The largest absolute Gasteiger partial charge is 0.481 e. The lowest BCUT2D eigenvalue weighted by atomic mass is 10.1. The number of rotatable bonds is 31. The first kappa shape index (κ1) is 48.9. The Labute approximate surface area is 320 Å². The molecule has 0 fully saturated rings. The fourth-order valence-electron chi connectivity index (χ4n) is 5.96. The van der Waals surface area contributed by atoms with Gasteiger partial charge in [-0.05, 0) is 75.3 Å². The summed E-state index contributed by atoms with van der Waals surface area (Å²) in [4.78, 5) is 20.6. The monoisotopic (exact) mass is 719 g/mol. The van der Waals surface area contributed by atoms with Crippen molar-refractivity contribution in [2.24, 2.45) is 0 Å². The molecule has 0 radical (unpaired) electrons. The molecule has 2 aromatic carbocycles. The molecule has 294 valence electrons. The van der Waals surface area contributed by atoms with Gasteiger partial charge in [0.2, 0.25) is 0 Å². The highest BCUT2D eigenvalue weighted by atomic mass is 16.4. The highest BCUT2D eigenvalue weighted by molar-refractivity contribution is 5.66. The van der Waals surface area contributed by atoms with Crippen LogP contribution in [0, 0.1) is 0 Å². The summed E-state index contributed by atoms with van der Waals surface area (Å²) in [5.41, 5.74) is 2.55. The molecule has 0 aliphatic rings.